The third-order valence-corrected chi connectivity index (χ3v) is 4.21. The number of methoxy groups -OCH3 is 2. The number of benzene rings is 1. The van der Waals surface area contributed by atoms with Crippen LogP contribution in [0.25, 0.3) is 0 Å². The van der Waals surface area contributed by atoms with Gasteiger partial charge >= 0.3 is 0 Å². The van der Waals surface area contributed by atoms with Gasteiger partial charge in [0.05, 0.1) is 43.9 Å². The van der Waals surface area contributed by atoms with E-state index in [1.54, 1.807) is 18.9 Å². The molecule has 0 spiro atoms. The van der Waals surface area contributed by atoms with E-state index in [0.29, 0.717) is 24.6 Å². The summed E-state index contributed by atoms with van der Waals surface area (Å²) in [6.45, 7) is 4.82. The van der Waals surface area contributed by atoms with Crippen molar-refractivity contribution in [1.82, 2.24) is 9.78 Å². The molecule has 0 saturated heterocycles. The van der Waals surface area contributed by atoms with Gasteiger partial charge in [0.15, 0.2) is 18.0 Å². The highest BCUT2D eigenvalue weighted by Crippen LogP contribution is 2.30. The van der Waals surface area contributed by atoms with Crippen molar-refractivity contribution in [3.63, 3.8) is 0 Å². The van der Waals surface area contributed by atoms with E-state index in [1.807, 2.05) is 46.1 Å². The minimum absolute atomic E-state index is 0.0430. The molecule has 1 atom stereocenters. The molecule has 1 aromatic heterocycles. The summed E-state index contributed by atoms with van der Waals surface area (Å²) < 4.78 is 12.5. The molecular weight excluding hydrogens is 320 g/mol. The monoisotopic (exact) mass is 347 g/mol. The molecule has 1 unspecified atom stereocenters. The van der Waals surface area contributed by atoms with Crippen molar-refractivity contribution in [3.8, 4) is 11.5 Å². The zero-order valence-electron chi connectivity index (χ0n) is 15.8. The highest BCUT2D eigenvalue weighted by atomic mass is 16.5. The van der Waals surface area contributed by atoms with Crippen LogP contribution in [0, 0.1) is 13.8 Å². The van der Waals surface area contributed by atoms with E-state index in [2.05, 4.69) is 10.4 Å². The first-order valence-electron chi connectivity index (χ1n) is 8.18. The normalized spacial score (nSPS) is 11.9. The molecule has 2 aromatic rings. The molecule has 0 radical (unpaired) electrons. The molecule has 7 heteroatoms. The van der Waals surface area contributed by atoms with E-state index in [4.69, 9.17) is 9.47 Å². The Morgan fingerprint density at radius 1 is 1.28 bits per heavy atom. The molecule has 2 N–H and O–H groups in total. The number of nitrogens with zero attached hydrogens (tertiary/aromatic N) is 2. The third kappa shape index (κ3) is 4.30. The fourth-order valence-corrected chi connectivity index (χ4v) is 2.89. The number of para-hydroxylation sites is 1. The molecule has 0 aliphatic carbocycles. The number of ether oxygens (including phenoxy) is 2. The second kappa shape index (κ2) is 8.02. The Bertz CT molecular complexity index is 755. The van der Waals surface area contributed by atoms with Crippen molar-refractivity contribution in [2.24, 2.45) is 7.05 Å². The Morgan fingerprint density at radius 2 is 2.00 bits per heavy atom. The lowest BCUT2D eigenvalue weighted by atomic mass is 10.1. The lowest BCUT2D eigenvalue weighted by Crippen LogP contribution is -3.08. The van der Waals surface area contributed by atoms with Crippen molar-refractivity contribution < 1.29 is 19.2 Å². The van der Waals surface area contributed by atoms with Crippen molar-refractivity contribution >= 4 is 11.6 Å². The van der Waals surface area contributed by atoms with Crippen LogP contribution in [0.2, 0.25) is 0 Å². The summed E-state index contributed by atoms with van der Waals surface area (Å²) >= 11 is 0. The van der Waals surface area contributed by atoms with E-state index >= 15 is 0 Å². The van der Waals surface area contributed by atoms with Gasteiger partial charge in [0.25, 0.3) is 5.91 Å². The molecule has 1 amide bonds. The Balaban J connectivity index is 2.03. The van der Waals surface area contributed by atoms with Crippen LogP contribution in [-0.2, 0) is 18.4 Å². The van der Waals surface area contributed by atoms with Gasteiger partial charge in [-0.1, -0.05) is 6.07 Å². The summed E-state index contributed by atoms with van der Waals surface area (Å²) in [6, 6.07) is 5.77. The van der Waals surface area contributed by atoms with Crippen LogP contribution in [-0.4, -0.2) is 43.5 Å². The lowest BCUT2D eigenvalue weighted by Gasteiger charge is -2.17. The number of nitrogens with one attached hydrogen (secondary N) is 2. The fraction of sp³-hybridized carbons (Fsp3) is 0.444. The molecule has 0 aliphatic heterocycles. The number of quaternary nitrogens is 1. The lowest BCUT2D eigenvalue weighted by molar-refractivity contribution is -0.885. The molecule has 0 fully saturated rings. The molecule has 136 valence electrons. The SMILES string of the molecule is COc1cccc(C[NH+](C)CC(=O)Nc2c(C)nn(C)c2C)c1OC. The molecule has 1 aromatic carbocycles. The van der Waals surface area contributed by atoms with Crippen LogP contribution in [0.15, 0.2) is 18.2 Å². The average Bonchev–Trinajstić information content (AvgIpc) is 2.80. The van der Waals surface area contributed by atoms with E-state index in [9.17, 15) is 4.79 Å². The molecule has 2 rings (SSSR count). The smallest absolute Gasteiger partial charge is 0.279 e. The predicted octanol–water partition coefficient (Wildman–Crippen LogP) is 0.708. The van der Waals surface area contributed by atoms with Crippen molar-refractivity contribution in [2.45, 2.75) is 20.4 Å². The summed E-state index contributed by atoms with van der Waals surface area (Å²) in [5.74, 6) is 1.36. The van der Waals surface area contributed by atoms with Gasteiger partial charge in [-0.15, -0.1) is 0 Å². The Hall–Kier alpha value is -2.54. The number of carbonyl (C=O) groups is 1. The standard InChI is InChI=1S/C18H26N4O3/c1-12-17(13(2)22(4)20-12)19-16(23)11-21(3)10-14-8-7-9-15(24-5)18(14)25-6/h7-9H,10-11H2,1-6H3,(H,19,23)/p+1. The first-order valence-corrected chi connectivity index (χ1v) is 8.18. The second-order valence-corrected chi connectivity index (χ2v) is 6.18. The fourth-order valence-electron chi connectivity index (χ4n) is 2.89. The third-order valence-electron chi connectivity index (χ3n) is 4.21. The Labute approximate surface area is 148 Å². The minimum atomic E-state index is -0.0430. The molecule has 0 aliphatic rings. The van der Waals surface area contributed by atoms with Gasteiger partial charge in [-0.25, -0.2) is 0 Å². The van der Waals surface area contributed by atoms with E-state index in [0.717, 1.165) is 27.5 Å². The number of likely N-dealkylation sites (N-methyl/N-ethyl adjacent to an activating group) is 1. The molecule has 1 heterocycles. The van der Waals surface area contributed by atoms with Gasteiger partial charge in [-0.3, -0.25) is 9.48 Å². The highest BCUT2D eigenvalue weighted by molar-refractivity contribution is 5.92. The number of hydrogen-bond acceptors (Lipinski definition) is 4. The molecule has 0 bridgehead atoms. The molecule has 7 nitrogen and oxygen atoms in total. The van der Waals surface area contributed by atoms with Crippen molar-refractivity contribution in [1.29, 1.82) is 0 Å². The second-order valence-electron chi connectivity index (χ2n) is 6.18. The van der Waals surface area contributed by atoms with Gasteiger partial charge in [-0.2, -0.15) is 5.10 Å². The van der Waals surface area contributed by atoms with Crippen LogP contribution in [0.4, 0.5) is 5.69 Å². The first kappa shape index (κ1) is 18.8. The summed E-state index contributed by atoms with van der Waals surface area (Å²) in [7, 11) is 7.08. The topological polar surface area (TPSA) is 69.8 Å². The number of amides is 1. The van der Waals surface area contributed by atoms with Gasteiger partial charge in [0, 0.05) is 7.05 Å². The number of anilines is 1. The van der Waals surface area contributed by atoms with Crippen LogP contribution in [0.5, 0.6) is 11.5 Å². The van der Waals surface area contributed by atoms with E-state index in [-0.39, 0.29) is 5.91 Å². The van der Waals surface area contributed by atoms with E-state index in [1.165, 1.54) is 0 Å². The number of rotatable bonds is 7. The van der Waals surface area contributed by atoms with Crippen LogP contribution < -0.4 is 19.7 Å². The zero-order valence-corrected chi connectivity index (χ0v) is 15.8. The Kier molecular flexibility index (Phi) is 6.03. The largest absolute Gasteiger partial charge is 0.493 e. The first-order chi connectivity index (χ1) is 11.9. The Morgan fingerprint density at radius 3 is 2.56 bits per heavy atom. The predicted molar refractivity (Wildman–Crippen MR) is 96.3 cm³/mol. The van der Waals surface area contributed by atoms with Gasteiger partial charge in [0.2, 0.25) is 0 Å². The number of hydrogen-bond donors (Lipinski definition) is 2. The van der Waals surface area contributed by atoms with Gasteiger partial charge < -0.3 is 19.7 Å². The molecule has 25 heavy (non-hydrogen) atoms. The summed E-state index contributed by atoms with van der Waals surface area (Å²) in [6.07, 6.45) is 0. The van der Waals surface area contributed by atoms with E-state index < -0.39 is 0 Å². The number of carbonyl (C=O) groups excluding carboxylic acids is 1. The zero-order chi connectivity index (χ0) is 18.6. The summed E-state index contributed by atoms with van der Waals surface area (Å²) in [5.41, 5.74) is 3.55. The minimum Gasteiger partial charge on any atom is -0.493 e. The average molecular weight is 347 g/mol. The number of aryl methyl sites for hydroxylation is 2. The van der Waals surface area contributed by atoms with Crippen molar-refractivity contribution in [2.75, 3.05) is 33.1 Å². The molecule has 0 saturated carbocycles. The van der Waals surface area contributed by atoms with Gasteiger partial charge in [0.1, 0.15) is 6.54 Å². The van der Waals surface area contributed by atoms with Gasteiger partial charge in [-0.05, 0) is 26.0 Å². The van der Waals surface area contributed by atoms with Crippen molar-refractivity contribution in [3.05, 3.63) is 35.2 Å². The summed E-state index contributed by atoms with van der Waals surface area (Å²) in [5, 5.41) is 7.29. The maximum absolute atomic E-state index is 12.4. The molecular formula is C18H27N4O3+. The summed E-state index contributed by atoms with van der Waals surface area (Å²) in [4.78, 5) is 13.4. The number of aromatic nitrogens is 2. The van der Waals surface area contributed by atoms with Crippen LogP contribution in [0.3, 0.4) is 0 Å². The van der Waals surface area contributed by atoms with Crippen LogP contribution in [0.1, 0.15) is 17.0 Å². The maximum Gasteiger partial charge on any atom is 0.279 e. The quantitative estimate of drug-likeness (QED) is 0.774. The highest BCUT2D eigenvalue weighted by Gasteiger charge is 2.18. The maximum atomic E-state index is 12.4. The van der Waals surface area contributed by atoms with Crippen LogP contribution >= 0.6 is 0 Å².